The molecule has 30 heavy (non-hydrogen) atoms. The highest BCUT2D eigenvalue weighted by molar-refractivity contribution is 5.94. The van der Waals surface area contributed by atoms with Crippen LogP contribution in [0.5, 0.6) is 0 Å². The fraction of sp³-hybridized carbons (Fsp3) is 0.318. The maximum atomic E-state index is 12.0. The van der Waals surface area contributed by atoms with E-state index in [0.717, 1.165) is 23.4 Å². The van der Waals surface area contributed by atoms with Gasteiger partial charge in [0.15, 0.2) is 5.96 Å². The zero-order chi connectivity index (χ0) is 21.3. The Morgan fingerprint density at radius 3 is 2.67 bits per heavy atom. The molecule has 0 saturated carbocycles. The number of aliphatic imine (C=N–C) groups is 1. The number of anilines is 2. The highest BCUT2D eigenvalue weighted by Crippen LogP contribution is 2.31. The second-order valence-corrected chi connectivity index (χ2v) is 6.93. The molecule has 2 aromatic rings. The minimum Gasteiger partial charge on any atom is -0.453 e. The maximum absolute atomic E-state index is 12.0. The SMILES string of the molecule is CCNC(=NCc1ccc(NC(=O)OC)cc1)NCC1CC(=O)Nc2ccccc21. The molecule has 1 heterocycles. The van der Waals surface area contributed by atoms with Crippen molar-refractivity contribution in [3.63, 3.8) is 0 Å². The molecule has 0 saturated heterocycles. The number of nitrogens with zero attached hydrogens (tertiary/aromatic N) is 1. The number of guanidine groups is 1. The molecule has 8 nitrogen and oxygen atoms in total. The van der Waals surface area contributed by atoms with Crippen molar-refractivity contribution in [3.05, 3.63) is 59.7 Å². The molecule has 3 rings (SSSR count). The predicted octanol–water partition coefficient (Wildman–Crippen LogP) is 3.05. The van der Waals surface area contributed by atoms with Gasteiger partial charge >= 0.3 is 6.09 Å². The molecule has 1 aliphatic rings. The Bertz CT molecular complexity index is 911. The standard InChI is InChI=1S/C22H27N5O3/c1-3-23-21(24-13-15-8-10-17(11-9-15)26-22(29)30-2)25-14-16-12-20(28)27-19-7-5-4-6-18(16)19/h4-11,16H,3,12-14H2,1-2H3,(H,26,29)(H,27,28)(H2,23,24,25). The lowest BCUT2D eigenvalue weighted by Crippen LogP contribution is -2.40. The molecule has 1 atom stereocenters. The zero-order valence-corrected chi connectivity index (χ0v) is 17.2. The van der Waals surface area contributed by atoms with E-state index in [1.54, 1.807) is 12.1 Å². The van der Waals surface area contributed by atoms with Gasteiger partial charge in [-0.2, -0.15) is 0 Å². The Balaban J connectivity index is 1.61. The number of ether oxygens (including phenoxy) is 1. The summed E-state index contributed by atoms with van der Waals surface area (Å²) in [7, 11) is 1.33. The molecule has 1 unspecified atom stereocenters. The number of methoxy groups -OCH3 is 1. The van der Waals surface area contributed by atoms with Gasteiger partial charge in [-0.25, -0.2) is 9.79 Å². The van der Waals surface area contributed by atoms with Gasteiger partial charge in [0.2, 0.25) is 5.91 Å². The summed E-state index contributed by atoms with van der Waals surface area (Å²) in [6, 6.07) is 15.3. The fourth-order valence-electron chi connectivity index (χ4n) is 3.28. The summed E-state index contributed by atoms with van der Waals surface area (Å²) < 4.78 is 4.58. The highest BCUT2D eigenvalue weighted by atomic mass is 16.5. The fourth-order valence-corrected chi connectivity index (χ4v) is 3.28. The third-order valence-corrected chi connectivity index (χ3v) is 4.77. The Labute approximate surface area is 176 Å². The lowest BCUT2D eigenvalue weighted by atomic mass is 9.90. The Hall–Kier alpha value is -3.55. The van der Waals surface area contributed by atoms with Gasteiger partial charge in [0.05, 0.1) is 13.7 Å². The van der Waals surface area contributed by atoms with Gasteiger partial charge in [0.25, 0.3) is 0 Å². The highest BCUT2D eigenvalue weighted by Gasteiger charge is 2.24. The third kappa shape index (κ3) is 5.73. The molecule has 2 aromatic carbocycles. The molecule has 8 heteroatoms. The third-order valence-electron chi connectivity index (χ3n) is 4.77. The van der Waals surface area contributed by atoms with Gasteiger partial charge in [-0.1, -0.05) is 30.3 Å². The zero-order valence-electron chi connectivity index (χ0n) is 17.2. The van der Waals surface area contributed by atoms with Crippen molar-refractivity contribution in [3.8, 4) is 0 Å². The molecule has 0 fully saturated rings. The van der Waals surface area contributed by atoms with Gasteiger partial charge in [-0.05, 0) is 36.2 Å². The van der Waals surface area contributed by atoms with E-state index in [2.05, 4.69) is 37.1 Å². The van der Waals surface area contributed by atoms with Crippen LogP contribution in [0.3, 0.4) is 0 Å². The van der Waals surface area contributed by atoms with Gasteiger partial charge in [0, 0.05) is 36.8 Å². The van der Waals surface area contributed by atoms with E-state index in [4.69, 9.17) is 0 Å². The second kappa shape index (κ2) is 10.3. The van der Waals surface area contributed by atoms with E-state index in [1.807, 2.05) is 37.3 Å². The number of hydrogen-bond donors (Lipinski definition) is 4. The normalized spacial score (nSPS) is 15.6. The summed E-state index contributed by atoms with van der Waals surface area (Å²) in [6.07, 6.45) is -0.0599. The molecule has 0 bridgehead atoms. The number of hydrogen-bond acceptors (Lipinski definition) is 4. The Morgan fingerprint density at radius 2 is 1.93 bits per heavy atom. The van der Waals surface area contributed by atoms with E-state index in [1.165, 1.54) is 7.11 Å². The summed E-state index contributed by atoms with van der Waals surface area (Å²) in [5.41, 5.74) is 3.68. The first kappa shape index (κ1) is 21.2. The Kier molecular flexibility index (Phi) is 7.26. The monoisotopic (exact) mass is 409 g/mol. The van der Waals surface area contributed by atoms with Crippen LogP contribution in [0.2, 0.25) is 0 Å². The summed E-state index contributed by atoms with van der Waals surface area (Å²) in [4.78, 5) is 27.9. The molecule has 0 aliphatic carbocycles. The first-order chi connectivity index (χ1) is 14.6. The van der Waals surface area contributed by atoms with Gasteiger partial charge < -0.3 is 20.7 Å². The van der Waals surface area contributed by atoms with Crippen LogP contribution in [0.15, 0.2) is 53.5 Å². The van der Waals surface area contributed by atoms with Crippen molar-refractivity contribution in [1.29, 1.82) is 0 Å². The van der Waals surface area contributed by atoms with Crippen LogP contribution in [0.1, 0.15) is 30.4 Å². The molecular weight excluding hydrogens is 382 g/mol. The largest absolute Gasteiger partial charge is 0.453 e. The minimum absolute atomic E-state index is 0.0306. The van der Waals surface area contributed by atoms with Crippen molar-refractivity contribution in [2.75, 3.05) is 30.8 Å². The second-order valence-electron chi connectivity index (χ2n) is 6.93. The van der Waals surface area contributed by atoms with Crippen LogP contribution in [0.25, 0.3) is 0 Å². The van der Waals surface area contributed by atoms with Crippen molar-refractivity contribution in [2.45, 2.75) is 25.8 Å². The molecule has 1 aliphatic heterocycles. The number of rotatable bonds is 6. The molecule has 0 spiro atoms. The quantitative estimate of drug-likeness (QED) is 0.434. The number of amides is 2. The van der Waals surface area contributed by atoms with Gasteiger partial charge in [0.1, 0.15) is 0 Å². The van der Waals surface area contributed by atoms with Crippen LogP contribution in [0, 0.1) is 0 Å². The smallest absolute Gasteiger partial charge is 0.411 e. The molecule has 2 amide bonds. The summed E-state index contributed by atoms with van der Waals surface area (Å²) in [5.74, 6) is 0.809. The average Bonchev–Trinajstić information content (AvgIpc) is 2.76. The Morgan fingerprint density at radius 1 is 1.17 bits per heavy atom. The van der Waals surface area contributed by atoms with Crippen molar-refractivity contribution in [1.82, 2.24) is 10.6 Å². The number of benzene rings is 2. The number of carbonyl (C=O) groups excluding carboxylic acids is 2. The first-order valence-corrected chi connectivity index (χ1v) is 9.94. The van der Waals surface area contributed by atoms with E-state index in [-0.39, 0.29) is 11.8 Å². The van der Waals surface area contributed by atoms with E-state index >= 15 is 0 Å². The average molecular weight is 409 g/mol. The van der Waals surface area contributed by atoms with Crippen molar-refractivity contribution < 1.29 is 14.3 Å². The minimum atomic E-state index is -0.502. The summed E-state index contributed by atoms with van der Waals surface area (Å²) in [5, 5.41) is 12.1. The first-order valence-electron chi connectivity index (χ1n) is 9.94. The van der Waals surface area contributed by atoms with E-state index < -0.39 is 6.09 Å². The molecule has 0 radical (unpaired) electrons. The van der Waals surface area contributed by atoms with Crippen LogP contribution in [-0.4, -0.2) is 38.2 Å². The topological polar surface area (TPSA) is 104 Å². The van der Waals surface area contributed by atoms with Crippen LogP contribution >= 0.6 is 0 Å². The van der Waals surface area contributed by atoms with Crippen LogP contribution < -0.4 is 21.3 Å². The van der Waals surface area contributed by atoms with Crippen LogP contribution in [-0.2, 0) is 16.1 Å². The van der Waals surface area contributed by atoms with Crippen LogP contribution in [0.4, 0.5) is 16.2 Å². The number of nitrogens with one attached hydrogen (secondary N) is 4. The lowest BCUT2D eigenvalue weighted by molar-refractivity contribution is -0.116. The predicted molar refractivity (Wildman–Crippen MR) is 118 cm³/mol. The van der Waals surface area contributed by atoms with Gasteiger partial charge in [-0.3, -0.25) is 10.1 Å². The lowest BCUT2D eigenvalue weighted by Gasteiger charge is -2.26. The molecular formula is C22H27N5O3. The number of para-hydroxylation sites is 1. The molecule has 0 aromatic heterocycles. The van der Waals surface area contributed by atoms with Crippen molar-refractivity contribution in [2.24, 2.45) is 4.99 Å². The number of carbonyl (C=O) groups is 2. The molecule has 4 N–H and O–H groups in total. The van der Waals surface area contributed by atoms with Crippen molar-refractivity contribution >= 4 is 29.3 Å². The molecule has 158 valence electrons. The summed E-state index contributed by atoms with van der Waals surface area (Å²) >= 11 is 0. The maximum Gasteiger partial charge on any atom is 0.411 e. The number of fused-ring (bicyclic) bond motifs is 1. The van der Waals surface area contributed by atoms with E-state index in [0.29, 0.717) is 31.2 Å². The van der Waals surface area contributed by atoms with E-state index in [9.17, 15) is 9.59 Å². The summed E-state index contributed by atoms with van der Waals surface area (Å²) in [6.45, 7) is 3.83. The van der Waals surface area contributed by atoms with Gasteiger partial charge in [-0.15, -0.1) is 0 Å².